The van der Waals surface area contributed by atoms with E-state index in [1.54, 1.807) is 25.3 Å². The molecule has 0 unspecified atom stereocenters. The number of sulfone groups is 1. The van der Waals surface area contributed by atoms with Crippen molar-refractivity contribution in [2.45, 2.75) is 11.5 Å². The van der Waals surface area contributed by atoms with E-state index in [-0.39, 0.29) is 11.5 Å². The quantitative estimate of drug-likeness (QED) is 0.667. The Morgan fingerprint density at radius 3 is 2.52 bits per heavy atom. The summed E-state index contributed by atoms with van der Waals surface area (Å²) in [4.78, 5) is 4.51. The summed E-state index contributed by atoms with van der Waals surface area (Å²) in [7, 11) is -1.64. The normalized spacial score (nSPS) is 11.3. The number of aromatic nitrogens is 2. The van der Waals surface area contributed by atoms with Gasteiger partial charge in [-0.05, 0) is 36.4 Å². The number of rotatable bonds is 6. The van der Waals surface area contributed by atoms with Gasteiger partial charge in [0.2, 0.25) is 5.82 Å². The lowest BCUT2D eigenvalue weighted by molar-refractivity contribution is 0.243. The van der Waals surface area contributed by atoms with E-state index in [2.05, 4.69) is 10.1 Å². The molecule has 0 aliphatic heterocycles. The molecule has 0 spiro atoms. The number of ether oxygens (including phenoxy) is 2. The molecule has 1 heterocycles. The Balaban J connectivity index is 1.67. The Morgan fingerprint density at radius 1 is 1.08 bits per heavy atom. The standard InChI is InChI=1S/C17H16N2O5S/c1-22-14-5-3-4-12(10-14)17-18-16(24-19-17)11-23-13-6-8-15(9-7-13)25(2,20)21/h3-10H,11H2,1-2H3. The molecule has 0 aliphatic rings. The largest absolute Gasteiger partial charge is 0.497 e. The van der Waals surface area contributed by atoms with E-state index in [9.17, 15) is 8.42 Å². The topological polar surface area (TPSA) is 91.5 Å². The molecule has 0 saturated heterocycles. The highest BCUT2D eigenvalue weighted by Gasteiger charge is 2.11. The second-order valence-electron chi connectivity index (χ2n) is 5.28. The van der Waals surface area contributed by atoms with Crippen LogP contribution in [0.5, 0.6) is 11.5 Å². The van der Waals surface area contributed by atoms with Crippen molar-refractivity contribution in [2.75, 3.05) is 13.4 Å². The average Bonchev–Trinajstić information content (AvgIpc) is 3.09. The molecule has 7 nitrogen and oxygen atoms in total. The third kappa shape index (κ3) is 4.16. The van der Waals surface area contributed by atoms with Gasteiger partial charge in [-0.25, -0.2) is 8.42 Å². The summed E-state index contributed by atoms with van der Waals surface area (Å²) < 4.78 is 38.7. The van der Waals surface area contributed by atoms with Crippen LogP contribution in [0.4, 0.5) is 0 Å². The van der Waals surface area contributed by atoms with Crippen molar-refractivity contribution in [1.29, 1.82) is 0 Å². The predicted octanol–water partition coefficient (Wildman–Crippen LogP) is 2.73. The van der Waals surface area contributed by atoms with Gasteiger partial charge in [-0.15, -0.1) is 0 Å². The van der Waals surface area contributed by atoms with Crippen LogP contribution in [-0.4, -0.2) is 31.9 Å². The van der Waals surface area contributed by atoms with E-state index in [1.807, 2.05) is 18.2 Å². The lowest BCUT2D eigenvalue weighted by atomic mass is 10.2. The fourth-order valence-corrected chi connectivity index (χ4v) is 2.75. The SMILES string of the molecule is COc1cccc(-c2noc(COc3ccc(S(C)(=O)=O)cc3)n2)c1. The minimum absolute atomic E-state index is 0.0786. The van der Waals surface area contributed by atoms with E-state index >= 15 is 0 Å². The molecule has 2 aromatic carbocycles. The second kappa shape index (κ2) is 6.94. The van der Waals surface area contributed by atoms with Crippen molar-refractivity contribution in [3.63, 3.8) is 0 Å². The van der Waals surface area contributed by atoms with Crippen molar-refractivity contribution in [3.8, 4) is 22.9 Å². The Bertz CT molecular complexity index is 965. The van der Waals surface area contributed by atoms with E-state index in [0.29, 0.717) is 23.2 Å². The minimum atomic E-state index is -3.23. The van der Waals surface area contributed by atoms with Crippen molar-refractivity contribution in [2.24, 2.45) is 0 Å². The highest BCUT2D eigenvalue weighted by molar-refractivity contribution is 7.90. The van der Waals surface area contributed by atoms with Gasteiger partial charge in [-0.1, -0.05) is 17.3 Å². The van der Waals surface area contributed by atoms with Crippen LogP contribution >= 0.6 is 0 Å². The molecule has 0 bridgehead atoms. The fourth-order valence-electron chi connectivity index (χ4n) is 2.12. The van der Waals surface area contributed by atoms with Gasteiger partial charge in [0, 0.05) is 11.8 Å². The number of hydrogen-bond acceptors (Lipinski definition) is 7. The number of benzene rings is 2. The van der Waals surface area contributed by atoms with Gasteiger partial charge < -0.3 is 14.0 Å². The van der Waals surface area contributed by atoms with Gasteiger partial charge >= 0.3 is 0 Å². The Hall–Kier alpha value is -2.87. The van der Waals surface area contributed by atoms with Crippen molar-refractivity contribution >= 4 is 9.84 Å². The molecular formula is C17H16N2O5S. The zero-order valence-electron chi connectivity index (χ0n) is 13.7. The molecule has 0 amide bonds. The molecule has 0 N–H and O–H groups in total. The maximum absolute atomic E-state index is 11.4. The zero-order valence-corrected chi connectivity index (χ0v) is 14.5. The van der Waals surface area contributed by atoms with Crippen molar-refractivity contribution < 1.29 is 22.4 Å². The van der Waals surface area contributed by atoms with E-state index in [1.165, 1.54) is 12.1 Å². The predicted molar refractivity (Wildman–Crippen MR) is 90.2 cm³/mol. The molecular weight excluding hydrogens is 344 g/mol. The van der Waals surface area contributed by atoms with E-state index < -0.39 is 9.84 Å². The summed E-state index contributed by atoms with van der Waals surface area (Å²) in [5.41, 5.74) is 0.770. The fraction of sp³-hybridized carbons (Fsp3) is 0.176. The van der Waals surface area contributed by atoms with Gasteiger partial charge in [0.15, 0.2) is 16.4 Å². The van der Waals surface area contributed by atoms with Crippen LogP contribution < -0.4 is 9.47 Å². The summed E-state index contributed by atoms with van der Waals surface area (Å²) in [5.74, 6) is 1.95. The average molecular weight is 360 g/mol. The van der Waals surface area contributed by atoms with Crippen LogP contribution in [0.15, 0.2) is 57.9 Å². The molecule has 3 rings (SSSR count). The van der Waals surface area contributed by atoms with Gasteiger partial charge in [-0.3, -0.25) is 0 Å². The van der Waals surface area contributed by atoms with E-state index in [4.69, 9.17) is 14.0 Å². The smallest absolute Gasteiger partial charge is 0.264 e. The number of nitrogens with zero attached hydrogens (tertiary/aromatic N) is 2. The highest BCUT2D eigenvalue weighted by atomic mass is 32.2. The summed E-state index contributed by atoms with van der Waals surface area (Å²) in [6, 6.07) is 13.4. The summed E-state index contributed by atoms with van der Waals surface area (Å²) >= 11 is 0. The number of methoxy groups -OCH3 is 1. The minimum Gasteiger partial charge on any atom is -0.497 e. The van der Waals surface area contributed by atoms with E-state index in [0.717, 1.165) is 11.8 Å². The molecule has 0 atom stereocenters. The third-order valence-electron chi connectivity index (χ3n) is 3.41. The molecule has 8 heteroatoms. The molecule has 1 aromatic heterocycles. The Kier molecular flexibility index (Phi) is 4.71. The first kappa shape index (κ1) is 17.0. The highest BCUT2D eigenvalue weighted by Crippen LogP contribution is 2.22. The van der Waals surface area contributed by atoms with Crippen molar-refractivity contribution in [1.82, 2.24) is 10.1 Å². The van der Waals surface area contributed by atoms with Crippen LogP contribution in [-0.2, 0) is 16.4 Å². The van der Waals surface area contributed by atoms with Gasteiger partial charge in [-0.2, -0.15) is 4.98 Å². The first-order valence-corrected chi connectivity index (χ1v) is 9.25. The van der Waals surface area contributed by atoms with Gasteiger partial charge in [0.1, 0.15) is 11.5 Å². The molecule has 0 radical (unpaired) electrons. The maximum atomic E-state index is 11.4. The first-order valence-electron chi connectivity index (χ1n) is 7.35. The van der Waals surface area contributed by atoms with Crippen molar-refractivity contribution in [3.05, 3.63) is 54.4 Å². The van der Waals surface area contributed by atoms with Crippen LogP contribution in [0, 0.1) is 0 Å². The molecule has 25 heavy (non-hydrogen) atoms. The molecule has 0 saturated carbocycles. The van der Waals surface area contributed by atoms with Gasteiger partial charge in [0.25, 0.3) is 5.89 Å². The maximum Gasteiger partial charge on any atom is 0.264 e. The molecule has 0 fully saturated rings. The third-order valence-corrected chi connectivity index (χ3v) is 4.54. The van der Waals surface area contributed by atoms with Gasteiger partial charge in [0.05, 0.1) is 12.0 Å². The lowest BCUT2D eigenvalue weighted by Gasteiger charge is -2.04. The molecule has 0 aliphatic carbocycles. The van der Waals surface area contributed by atoms with Crippen LogP contribution in [0.3, 0.4) is 0 Å². The Labute approximate surface area is 145 Å². The zero-order chi connectivity index (χ0) is 17.9. The summed E-state index contributed by atoms with van der Waals surface area (Å²) in [6.45, 7) is 0.0786. The lowest BCUT2D eigenvalue weighted by Crippen LogP contribution is -1.98. The van der Waals surface area contributed by atoms with Crippen LogP contribution in [0.2, 0.25) is 0 Å². The number of hydrogen-bond donors (Lipinski definition) is 0. The molecule has 3 aromatic rings. The Morgan fingerprint density at radius 2 is 1.84 bits per heavy atom. The first-order chi connectivity index (χ1) is 12.0. The summed E-state index contributed by atoms with van der Waals surface area (Å²) in [5, 5.41) is 3.92. The van der Waals surface area contributed by atoms with Crippen LogP contribution in [0.25, 0.3) is 11.4 Å². The second-order valence-corrected chi connectivity index (χ2v) is 7.29. The summed E-state index contributed by atoms with van der Waals surface area (Å²) in [6.07, 6.45) is 1.15. The van der Waals surface area contributed by atoms with Crippen LogP contribution in [0.1, 0.15) is 5.89 Å². The monoisotopic (exact) mass is 360 g/mol. The molecule has 130 valence electrons.